The molecule has 4 atom stereocenters. The van der Waals surface area contributed by atoms with Gasteiger partial charge in [0.1, 0.15) is 18.3 Å². The van der Waals surface area contributed by atoms with Crippen LogP contribution in [0.25, 0.3) is 0 Å². The number of nitrogens with one attached hydrogen (secondary N) is 1. The highest BCUT2D eigenvalue weighted by atomic mass is 35.5. The summed E-state index contributed by atoms with van der Waals surface area (Å²) in [5, 5.41) is 28.5. The molecule has 0 saturated carbocycles. The molecule has 2 heterocycles. The van der Waals surface area contributed by atoms with E-state index in [1.807, 2.05) is 0 Å². The minimum absolute atomic E-state index is 0.192. The second-order valence-electron chi connectivity index (χ2n) is 4.49. The molecule has 0 bridgehead atoms. The van der Waals surface area contributed by atoms with Crippen LogP contribution in [0.3, 0.4) is 0 Å². The van der Waals surface area contributed by atoms with E-state index in [-0.39, 0.29) is 17.9 Å². The van der Waals surface area contributed by atoms with Crippen LogP contribution < -0.4 is 11.2 Å². The number of aliphatic hydroxyl groups excluding tert-OH is 3. The number of aliphatic hydroxyl groups is 3. The lowest BCUT2D eigenvalue weighted by Crippen LogP contribution is -2.39. The van der Waals surface area contributed by atoms with E-state index in [9.17, 15) is 19.8 Å². The molecule has 112 valence electrons. The van der Waals surface area contributed by atoms with Gasteiger partial charge in [-0.05, 0) is 6.42 Å². The Labute approximate surface area is 118 Å². The minimum atomic E-state index is -1.39. The second kappa shape index (κ2) is 6.06. The molecule has 1 fully saturated rings. The molecule has 8 nitrogen and oxygen atoms in total. The molecule has 1 aromatic heterocycles. The number of ether oxygens (including phenoxy) is 1. The molecule has 1 aliphatic rings. The van der Waals surface area contributed by atoms with Crippen molar-refractivity contribution >= 4 is 11.6 Å². The van der Waals surface area contributed by atoms with Gasteiger partial charge in [0.05, 0.1) is 6.61 Å². The van der Waals surface area contributed by atoms with Crippen molar-refractivity contribution in [2.75, 3.05) is 12.5 Å². The summed E-state index contributed by atoms with van der Waals surface area (Å²) in [7, 11) is 0. The van der Waals surface area contributed by atoms with Crippen molar-refractivity contribution in [1.29, 1.82) is 0 Å². The van der Waals surface area contributed by atoms with Crippen LogP contribution in [0.2, 0.25) is 0 Å². The third kappa shape index (κ3) is 2.65. The van der Waals surface area contributed by atoms with E-state index >= 15 is 0 Å². The van der Waals surface area contributed by atoms with Gasteiger partial charge in [-0.25, -0.2) is 4.79 Å². The van der Waals surface area contributed by atoms with Crippen LogP contribution in [-0.4, -0.2) is 55.7 Å². The van der Waals surface area contributed by atoms with Gasteiger partial charge in [-0.3, -0.25) is 14.3 Å². The molecule has 4 N–H and O–H groups in total. The van der Waals surface area contributed by atoms with Crippen LogP contribution in [0, 0.1) is 0 Å². The van der Waals surface area contributed by atoms with Crippen molar-refractivity contribution in [3.63, 3.8) is 0 Å². The number of hydrogen-bond acceptors (Lipinski definition) is 6. The Balaban J connectivity index is 2.40. The number of H-pyrrole nitrogens is 1. The number of alkyl halides is 1. The first kappa shape index (κ1) is 15.2. The van der Waals surface area contributed by atoms with Crippen LogP contribution in [0.15, 0.2) is 15.8 Å². The quantitative estimate of drug-likeness (QED) is 0.474. The summed E-state index contributed by atoms with van der Waals surface area (Å²) < 4.78 is 6.21. The number of aromatic amines is 1. The predicted molar refractivity (Wildman–Crippen MR) is 68.8 cm³/mol. The third-order valence-corrected chi connectivity index (χ3v) is 3.39. The maximum atomic E-state index is 11.8. The molecule has 0 aliphatic carbocycles. The Morgan fingerprint density at radius 2 is 2.05 bits per heavy atom. The van der Waals surface area contributed by atoms with E-state index < -0.39 is 42.4 Å². The Hall–Kier alpha value is -1.19. The molecule has 2 unspecified atom stereocenters. The van der Waals surface area contributed by atoms with Gasteiger partial charge in [-0.2, -0.15) is 0 Å². The maximum Gasteiger partial charge on any atom is 0.330 e. The highest BCUT2D eigenvalue weighted by Crippen LogP contribution is 2.27. The first-order valence-corrected chi connectivity index (χ1v) is 6.55. The fourth-order valence-electron chi connectivity index (χ4n) is 2.11. The van der Waals surface area contributed by atoms with Crippen molar-refractivity contribution in [3.8, 4) is 0 Å². The molecule has 1 aliphatic heterocycles. The first-order valence-electron chi connectivity index (χ1n) is 6.02. The van der Waals surface area contributed by atoms with Crippen molar-refractivity contribution in [2.45, 2.75) is 31.0 Å². The number of aryl methyl sites for hydroxylation is 1. The van der Waals surface area contributed by atoms with Gasteiger partial charge >= 0.3 is 5.69 Å². The van der Waals surface area contributed by atoms with Gasteiger partial charge in [0, 0.05) is 17.6 Å². The topological polar surface area (TPSA) is 125 Å². The summed E-state index contributed by atoms with van der Waals surface area (Å²) in [5.74, 6) is 0.192. The molecule has 0 amide bonds. The van der Waals surface area contributed by atoms with Crippen LogP contribution in [0.1, 0.15) is 11.8 Å². The summed E-state index contributed by atoms with van der Waals surface area (Å²) in [4.78, 5) is 25.4. The summed E-state index contributed by atoms with van der Waals surface area (Å²) in [6.45, 7) is -0.499. The molecular weight excluding hydrogens is 292 g/mol. The predicted octanol–water partition coefficient (Wildman–Crippen LogP) is -2.07. The molecule has 1 saturated heterocycles. The molecule has 9 heteroatoms. The van der Waals surface area contributed by atoms with Gasteiger partial charge in [-0.1, -0.05) is 0 Å². The highest BCUT2D eigenvalue weighted by Gasteiger charge is 2.43. The van der Waals surface area contributed by atoms with E-state index in [4.69, 9.17) is 21.4 Å². The van der Waals surface area contributed by atoms with E-state index in [0.717, 1.165) is 4.57 Å². The van der Waals surface area contributed by atoms with Crippen molar-refractivity contribution in [1.82, 2.24) is 9.55 Å². The molecule has 0 aromatic carbocycles. The molecular formula is C11H15ClN2O6. The van der Waals surface area contributed by atoms with Crippen LogP contribution in [0.4, 0.5) is 0 Å². The largest absolute Gasteiger partial charge is 0.394 e. The Morgan fingerprint density at radius 1 is 1.35 bits per heavy atom. The van der Waals surface area contributed by atoms with Crippen LogP contribution in [0.5, 0.6) is 0 Å². The number of halogens is 1. The van der Waals surface area contributed by atoms with E-state index in [1.165, 1.54) is 6.20 Å². The number of aromatic nitrogens is 2. The zero-order chi connectivity index (χ0) is 14.9. The van der Waals surface area contributed by atoms with E-state index in [1.54, 1.807) is 0 Å². The number of nitrogens with zero attached hydrogens (tertiary/aromatic N) is 1. The molecule has 20 heavy (non-hydrogen) atoms. The summed E-state index contributed by atoms with van der Waals surface area (Å²) in [6.07, 6.45) is -3.40. The standard InChI is InChI=1S/C11H15ClN2O6/c12-2-1-5-3-14(11(19)13-9(5)18)10-8(17)7(16)6(4-15)20-10/h3,6-8,10,15-17H,1-2,4H2,(H,13,18,19)/t6-,7?,8?,10-/m0/s1. The van der Waals surface area contributed by atoms with Crippen LogP contribution in [-0.2, 0) is 11.2 Å². The van der Waals surface area contributed by atoms with Crippen molar-refractivity contribution in [2.24, 2.45) is 0 Å². The molecule has 1 aromatic rings. The number of hydrogen-bond donors (Lipinski definition) is 4. The third-order valence-electron chi connectivity index (χ3n) is 3.20. The Bertz CT molecular complexity index is 585. The molecule has 0 radical (unpaired) electrons. The summed E-state index contributed by atoms with van der Waals surface area (Å²) in [6, 6.07) is 0. The lowest BCUT2D eigenvalue weighted by Gasteiger charge is -2.17. The van der Waals surface area contributed by atoms with Crippen molar-refractivity contribution in [3.05, 3.63) is 32.6 Å². The zero-order valence-electron chi connectivity index (χ0n) is 10.4. The fraction of sp³-hybridized carbons (Fsp3) is 0.636. The SMILES string of the molecule is O=c1[nH]c(=O)n([C@H]2O[C@@H](CO)C(O)C2O)cc1CCCl. The molecule has 2 rings (SSSR count). The van der Waals surface area contributed by atoms with E-state index in [2.05, 4.69) is 4.98 Å². The second-order valence-corrected chi connectivity index (χ2v) is 4.87. The van der Waals surface area contributed by atoms with Crippen molar-refractivity contribution < 1.29 is 20.1 Å². The molecule has 0 spiro atoms. The van der Waals surface area contributed by atoms with Gasteiger partial charge < -0.3 is 20.1 Å². The van der Waals surface area contributed by atoms with Crippen LogP contribution >= 0.6 is 11.6 Å². The smallest absolute Gasteiger partial charge is 0.330 e. The lowest BCUT2D eigenvalue weighted by molar-refractivity contribution is -0.0551. The Morgan fingerprint density at radius 3 is 2.60 bits per heavy atom. The normalized spacial score (nSPS) is 29.8. The monoisotopic (exact) mass is 306 g/mol. The highest BCUT2D eigenvalue weighted by molar-refractivity contribution is 6.17. The number of rotatable bonds is 4. The van der Waals surface area contributed by atoms with Gasteiger partial charge in [-0.15, -0.1) is 11.6 Å². The average molecular weight is 307 g/mol. The summed E-state index contributed by atoms with van der Waals surface area (Å²) in [5.41, 5.74) is -1.07. The first-order chi connectivity index (χ1) is 9.49. The van der Waals surface area contributed by atoms with Gasteiger partial charge in [0.25, 0.3) is 5.56 Å². The van der Waals surface area contributed by atoms with Gasteiger partial charge in [0.15, 0.2) is 6.23 Å². The van der Waals surface area contributed by atoms with Gasteiger partial charge in [0.2, 0.25) is 0 Å². The maximum absolute atomic E-state index is 11.8. The lowest BCUT2D eigenvalue weighted by atomic mass is 10.1. The Kier molecular flexibility index (Phi) is 4.61. The minimum Gasteiger partial charge on any atom is -0.394 e. The fourth-order valence-corrected chi connectivity index (χ4v) is 2.31. The zero-order valence-corrected chi connectivity index (χ0v) is 11.2. The summed E-state index contributed by atoms with van der Waals surface area (Å²) >= 11 is 5.56. The van der Waals surface area contributed by atoms with E-state index in [0.29, 0.717) is 0 Å². The average Bonchev–Trinajstić information content (AvgIpc) is 2.70.